The minimum absolute atomic E-state index is 0.286. The fraction of sp³-hybridized carbons (Fsp3) is 0.120. The highest BCUT2D eigenvalue weighted by Crippen LogP contribution is 2.35. The van der Waals surface area contributed by atoms with Crippen molar-refractivity contribution < 1.29 is 5.11 Å². The molecule has 0 aliphatic heterocycles. The molecule has 0 amide bonds. The first kappa shape index (κ1) is 17.8. The van der Waals surface area contributed by atoms with E-state index in [2.05, 4.69) is 61.5 Å². The van der Waals surface area contributed by atoms with Crippen LogP contribution in [-0.2, 0) is 0 Å². The quantitative estimate of drug-likeness (QED) is 0.507. The predicted molar refractivity (Wildman–Crippen MR) is 112 cm³/mol. The van der Waals surface area contributed by atoms with Crippen molar-refractivity contribution in [3.8, 4) is 5.75 Å². The third-order valence-corrected chi connectivity index (χ3v) is 4.49. The lowest BCUT2D eigenvalue weighted by atomic mass is 9.88. The average molecular weight is 340 g/mol. The largest absolute Gasteiger partial charge is 0.508 e. The van der Waals surface area contributed by atoms with Crippen molar-refractivity contribution in [2.24, 2.45) is 0 Å². The smallest absolute Gasteiger partial charge is 0.115 e. The number of phenols is 1. The van der Waals surface area contributed by atoms with Gasteiger partial charge in [0.25, 0.3) is 0 Å². The molecule has 0 radical (unpaired) electrons. The lowest BCUT2D eigenvalue weighted by Gasteiger charge is -2.16. The van der Waals surface area contributed by atoms with Crippen LogP contribution in [0.4, 0.5) is 0 Å². The van der Waals surface area contributed by atoms with Crippen molar-refractivity contribution in [1.82, 2.24) is 0 Å². The zero-order valence-electron chi connectivity index (χ0n) is 15.3. The molecule has 3 aromatic carbocycles. The standard InChI is InChI=1S/C25H24O/c1-3-8-19-11-13-21(14-12-19)25(22-15-17-23(26)18-16-22)24(4-2)20-9-6-5-7-10-20/h3,5-18,26H,4H2,1-2H3/b8-3+,25-24+. The highest BCUT2D eigenvalue weighted by Gasteiger charge is 2.13. The number of aromatic hydroxyl groups is 1. The number of phenolic OH excluding ortho intramolecular Hbond substituents is 1. The normalized spacial score (nSPS) is 12.2. The van der Waals surface area contributed by atoms with E-state index in [1.54, 1.807) is 12.1 Å². The van der Waals surface area contributed by atoms with Crippen LogP contribution < -0.4 is 0 Å². The van der Waals surface area contributed by atoms with Crippen LogP contribution in [0.5, 0.6) is 5.75 Å². The predicted octanol–water partition coefficient (Wildman–Crippen LogP) is 6.79. The van der Waals surface area contributed by atoms with E-state index in [0.29, 0.717) is 0 Å². The third-order valence-electron chi connectivity index (χ3n) is 4.49. The monoisotopic (exact) mass is 340 g/mol. The van der Waals surface area contributed by atoms with E-state index in [1.165, 1.54) is 27.8 Å². The molecule has 0 aromatic heterocycles. The molecule has 3 rings (SSSR count). The highest BCUT2D eigenvalue weighted by atomic mass is 16.3. The van der Waals surface area contributed by atoms with E-state index < -0.39 is 0 Å². The fourth-order valence-electron chi connectivity index (χ4n) is 3.26. The summed E-state index contributed by atoms with van der Waals surface area (Å²) in [5, 5.41) is 9.69. The second-order valence-corrected chi connectivity index (χ2v) is 6.24. The van der Waals surface area contributed by atoms with Crippen molar-refractivity contribution in [2.45, 2.75) is 20.3 Å². The molecule has 0 fully saturated rings. The lowest BCUT2D eigenvalue weighted by Crippen LogP contribution is -1.95. The van der Waals surface area contributed by atoms with Crippen molar-refractivity contribution >= 4 is 17.2 Å². The molecule has 3 aromatic rings. The van der Waals surface area contributed by atoms with Gasteiger partial charge in [0.2, 0.25) is 0 Å². The zero-order chi connectivity index (χ0) is 18.4. The van der Waals surface area contributed by atoms with E-state index in [0.717, 1.165) is 12.0 Å². The maximum absolute atomic E-state index is 9.69. The summed E-state index contributed by atoms with van der Waals surface area (Å²) in [7, 11) is 0. The zero-order valence-corrected chi connectivity index (χ0v) is 15.3. The summed E-state index contributed by atoms with van der Waals surface area (Å²) < 4.78 is 0. The second-order valence-electron chi connectivity index (χ2n) is 6.24. The molecular formula is C25H24O. The van der Waals surface area contributed by atoms with Crippen LogP contribution in [0.15, 0.2) is 84.9 Å². The summed E-state index contributed by atoms with van der Waals surface area (Å²) in [5.41, 5.74) is 7.24. The van der Waals surface area contributed by atoms with E-state index in [9.17, 15) is 5.11 Å². The van der Waals surface area contributed by atoms with Crippen LogP contribution in [0.3, 0.4) is 0 Å². The number of hydrogen-bond acceptors (Lipinski definition) is 1. The molecule has 0 unspecified atom stereocenters. The van der Waals surface area contributed by atoms with Crippen molar-refractivity contribution in [3.63, 3.8) is 0 Å². The first-order chi connectivity index (χ1) is 12.7. The molecule has 26 heavy (non-hydrogen) atoms. The van der Waals surface area contributed by atoms with Gasteiger partial charge < -0.3 is 5.11 Å². The summed E-state index contributed by atoms with van der Waals surface area (Å²) in [4.78, 5) is 0. The van der Waals surface area contributed by atoms with Gasteiger partial charge in [0.05, 0.1) is 0 Å². The van der Waals surface area contributed by atoms with Gasteiger partial charge in [-0.05, 0) is 58.9 Å². The fourth-order valence-corrected chi connectivity index (χ4v) is 3.26. The van der Waals surface area contributed by atoms with Gasteiger partial charge >= 0.3 is 0 Å². The van der Waals surface area contributed by atoms with Crippen LogP contribution in [0.25, 0.3) is 17.2 Å². The van der Waals surface area contributed by atoms with Gasteiger partial charge in [0, 0.05) is 0 Å². The average Bonchev–Trinajstić information content (AvgIpc) is 2.69. The Labute approximate surface area is 156 Å². The molecule has 0 atom stereocenters. The molecule has 0 heterocycles. The summed E-state index contributed by atoms with van der Waals surface area (Å²) in [6.07, 6.45) is 5.08. The topological polar surface area (TPSA) is 20.2 Å². The van der Waals surface area contributed by atoms with Gasteiger partial charge in [-0.15, -0.1) is 0 Å². The van der Waals surface area contributed by atoms with Gasteiger partial charge in [-0.25, -0.2) is 0 Å². The maximum atomic E-state index is 9.69. The van der Waals surface area contributed by atoms with Crippen LogP contribution in [-0.4, -0.2) is 5.11 Å². The van der Waals surface area contributed by atoms with Gasteiger partial charge in [-0.1, -0.05) is 85.8 Å². The van der Waals surface area contributed by atoms with Crippen LogP contribution >= 0.6 is 0 Å². The molecule has 1 nitrogen and oxygen atoms in total. The Bertz CT molecular complexity index is 899. The number of benzene rings is 3. The molecule has 130 valence electrons. The Morgan fingerprint density at radius 1 is 0.769 bits per heavy atom. The van der Waals surface area contributed by atoms with Gasteiger partial charge in [0.15, 0.2) is 0 Å². The summed E-state index contributed by atoms with van der Waals surface area (Å²) in [6.45, 7) is 4.22. The lowest BCUT2D eigenvalue weighted by molar-refractivity contribution is 0.475. The minimum atomic E-state index is 0.286. The first-order valence-corrected chi connectivity index (χ1v) is 9.04. The van der Waals surface area contributed by atoms with Gasteiger partial charge in [-0.2, -0.15) is 0 Å². The molecule has 0 aliphatic rings. The van der Waals surface area contributed by atoms with Crippen molar-refractivity contribution in [2.75, 3.05) is 0 Å². The number of hydrogen-bond donors (Lipinski definition) is 1. The van der Waals surface area contributed by atoms with E-state index in [1.807, 2.05) is 31.2 Å². The SMILES string of the molecule is C/C=C/c1ccc(/C(=C(/CC)c2ccccc2)c2ccc(O)cc2)cc1. The van der Waals surface area contributed by atoms with Crippen molar-refractivity contribution in [3.05, 3.63) is 107 Å². The maximum Gasteiger partial charge on any atom is 0.115 e. The Morgan fingerprint density at radius 3 is 1.88 bits per heavy atom. The van der Waals surface area contributed by atoms with Crippen LogP contribution in [0.1, 0.15) is 42.5 Å². The van der Waals surface area contributed by atoms with E-state index in [4.69, 9.17) is 0 Å². The Hall–Kier alpha value is -3.06. The van der Waals surface area contributed by atoms with Gasteiger partial charge in [-0.3, -0.25) is 0 Å². The second kappa shape index (κ2) is 8.35. The first-order valence-electron chi connectivity index (χ1n) is 9.04. The Balaban J connectivity index is 2.21. The summed E-state index contributed by atoms with van der Waals surface area (Å²) in [5.74, 6) is 0.286. The Kier molecular flexibility index (Phi) is 5.70. The summed E-state index contributed by atoms with van der Waals surface area (Å²) in [6, 6.07) is 26.6. The summed E-state index contributed by atoms with van der Waals surface area (Å²) >= 11 is 0. The third kappa shape index (κ3) is 3.94. The highest BCUT2D eigenvalue weighted by molar-refractivity contribution is 5.98. The molecule has 1 heteroatoms. The Morgan fingerprint density at radius 2 is 1.35 bits per heavy atom. The molecular weight excluding hydrogens is 316 g/mol. The van der Waals surface area contributed by atoms with E-state index >= 15 is 0 Å². The number of allylic oxidation sites excluding steroid dienone is 2. The molecule has 0 aliphatic carbocycles. The van der Waals surface area contributed by atoms with Gasteiger partial charge in [0.1, 0.15) is 5.75 Å². The molecule has 1 N–H and O–H groups in total. The van der Waals surface area contributed by atoms with Crippen LogP contribution in [0, 0.1) is 0 Å². The van der Waals surface area contributed by atoms with Crippen LogP contribution in [0.2, 0.25) is 0 Å². The molecule has 0 saturated heterocycles. The minimum Gasteiger partial charge on any atom is -0.508 e. The van der Waals surface area contributed by atoms with Crippen molar-refractivity contribution in [1.29, 1.82) is 0 Å². The molecule has 0 spiro atoms. The molecule has 0 saturated carbocycles. The number of rotatable bonds is 5. The molecule has 0 bridgehead atoms. The van der Waals surface area contributed by atoms with E-state index in [-0.39, 0.29) is 5.75 Å².